The molecule has 2 aliphatic heterocycles. The molecule has 26 heavy (non-hydrogen) atoms. The van der Waals surface area contributed by atoms with Gasteiger partial charge in [-0.25, -0.2) is 4.39 Å². The van der Waals surface area contributed by atoms with Crippen LogP contribution in [0.25, 0.3) is 0 Å². The van der Waals surface area contributed by atoms with Crippen molar-refractivity contribution in [1.29, 1.82) is 0 Å². The minimum atomic E-state index is -0.111. The number of benzene rings is 2. The number of rotatable bonds is 2. The molecule has 2 saturated heterocycles. The van der Waals surface area contributed by atoms with Gasteiger partial charge in [0.05, 0.1) is 0 Å². The summed E-state index contributed by atoms with van der Waals surface area (Å²) in [5, 5.41) is 0. The van der Waals surface area contributed by atoms with E-state index in [9.17, 15) is 4.39 Å². The van der Waals surface area contributed by atoms with Crippen molar-refractivity contribution >= 4 is 5.69 Å². The van der Waals surface area contributed by atoms with E-state index in [4.69, 9.17) is 0 Å². The average Bonchev–Trinajstić information content (AvgIpc) is 2.65. The zero-order valence-corrected chi connectivity index (χ0v) is 16.1. The van der Waals surface area contributed by atoms with Crippen molar-refractivity contribution < 1.29 is 4.39 Å². The molecule has 2 atom stereocenters. The van der Waals surface area contributed by atoms with Crippen molar-refractivity contribution in [3.8, 4) is 0 Å². The highest BCUT2D eigenvalue weighted by Crippen LogP contribution is 2.37. The fourth-order valence-corrected chi connectivity index (χ4v) is 4.64. The SMILES string of the molecule is Cc1ccc([C@H]2CCCC3CN(c4ccc(F)c(C)c4)CCN32)cc1C. The van der Waals surface area contributed by atoms with Crippen LogP contribution in [-0.4, -0.2) is 30.6 Å². The van der Waals surface area contributed by atoms with Crippen molar-refractivity contribution in [2.24, 2.45) is 0 Å². The van der Waals surface area contributed by atoms with Crippen LogP contribution in [0.1, 0.15) is 47.6 Å². The van der Waals surface area contributed by atoms with Crippen LogP contribution in [0.5, 0.6) is 0 Å². The first-order valence-electron chi connectivity index (χ1n) is 9.87. The molecule has 3 heteroatoms. The molecule has 4 rings (SSSR count). The number of piperazine rings is 1. The summed E-state index contributed by atoms with van der Waals surface area (Å²) < 4.78 is 13.6. The van der Waals surface area contributed by atoms with Crippen LogP contribution >= 0.6 is 0 Å². The lowest BCUT2D eigenvalue weighted by Crippen LogP contribution is -2.55. The molecule has 2 nitrogen and oxygen atoms in total. The maximum atomic E-state index is 13.6. The van der Waals surface area contributed by atoms with Crippen molar-refractivity contribution in [1.82, 2.24) is 4.90 Å². The Morgan fingerprint density at radius 3 is 2.50 bits per heavy atom. The third-order valence-electron chi connectivity index (χ3n) is 6.37. The van der Waals surface area contributed by atoms with Crippen LogP contribution < -0.4 is 4.90 Å². The van der Waals surface area contributed by atoms with E-state index >= 15 is 0 Å². The van der Waals surface area contributed by atoms with E-state index in [0.717, 1.165) is 30.9 Å². The molecule has 2 aromatic rings. The molecule has 0 aliphatic carbocycles. The smallest absolute Gasteiger partial charge is 0.126 e. The second-order valence-corrected chi connectivity index (χ2v) is 8.06. The van der Waals surface area contributed by atoms with Gasteiger partial charge < -0.3 is 4.90 Å². The lowest BCUT2D eigenvalue weighted by atomic mass is 9.88. The number of hydrogen-bond acceptors (Lipinski definition) is 2. The summed E-state index contributed by atoms with van der Waals surface area (Å²) in [4.78, 5) is 5.16. The molecule has 138 valence electrons. The minimum Gasteiger partial charge on any atom is -0.369 e. The van der Waals surface area contributed by atoms with Crippen molar-refractivity contribution in [2.45, 2.75) is 52.1 Å². The zero-order chi connectivity index (χ0) is 18.3. The van der Waals surface area contributed by atoms with E-state index in [1.807, 2.05) is 19.1 Å². The Balaban J connectivity index is 1.53. The Kier molecular flexibility index (Phi) is 4.74. The molecule has 2 aliphatic rings. The van der Waals surface area contributed by atoms with Gasteiger partial charge in [0, 0.05) is 37.4 Å². The molecule has 0 bridgehead atoms. The third kappa shape index (κ3) is 3.25. The van der Waals surface area contributed by atoms with Crippen molar-refractivity contribution in [3.63, 3.8) is 0 Å². The van der Waals surface area contributed by atoms with E-state index in [1.165, 1.54) is 36.0 Å². The largest absolute Gasteiger partial charge is 0.369 e. The van der Waals surface area contributed by atoms with Gasteiger partial charge in [0.25, 0.3) is 0 Å². The standard InChI is InChI=1S/C23H29FN2/c1-16-7-8-19(13-17(16)2)23-6-4-5-21-15-25(11-12-26(21)23)20-9-10-22(24)18(3)14-20/h7-10,13-14,21,23H,4-6,11-12,15H2,1-3H3/t21?,23-/m1/s1. The van der Waals surface area contributed by atoms with Gasteiger partial charge >= 0.3 is 0 Å². The molecule has 0 spiro atoms. The molecule has 1 unspecified atom stereocenters. The van der Waals surface area contributed by atoms with Gasteiger partial charge in [-0.3, -0.25) is 4.90 Å². The molecular formula is C23H29FN2. The highest BCUT2D eigenvalue weighted by molar-refractivity contribution is 5.49. The Labute approximate surface area is 156 Å². The first-order valence-corrected chi connectivity index (χ1v) is 9.87. The number of fused-ring (bicyclic) bond motifs is 1. The van der Waals surface area contributed by atoms with Gasteiger partial charge in [-0.15, -0.1) is 0 Å². The molecule has 2 heterocycles. The van der Waals surface area contributed by atoms with Crippen molar-refractivity contribution in [3.05, 3.63) is 64.5 Å². The lowest BCUT2D eigenvalue weighted by molar-refractivity contribution is 0.0716. The summed E-state index contributed by atoms with van der Waals surface area (Å²) in [5.74, 6) is -0.111. The number of hydrogen-bond donors (Lipinski definition) is 0. The zero-order valence-electron chi connectivity index (χ0n) is 16.1. The molecule has 0 aromatic heterocycles. The highest BCUT2D eigenvalue weighted by atomic mass is 19.1. The van der Waals surface area contributed by atoms with Crippen LogP contribution in [0.3, 0.4) is 0 Å². The number of halogens is 1. The van der Waals surface area contributed by atoms with E-state index in [1.54, 1.807) is 6.07 Å². The minimum absolute atomic E-state index is 0.111. The Hall–Kier alpha value is -1.87. The van der Waals surface area contributed by atoms with Crippen LogP contribution in [-0.2, 0) is 0 Å². The summed E-state index contributed by atoms with van der Waals surface area (Å²) in [6.45, 7) is 9.40. The fraction of sp³-hybridized carbons (Fsp3) is 0.478. The van der Waals surface area contributed by atoms with Crippen LogP contribution in [0.15, 0.2) is 36.4 Å². The van der Waals surface area contributed by atoms with Crippen LogP contribution in [0.4, 0.5) is 10.1 Å². The summed E-state index contributed by atoms with van der Waals surface area (Å²) in [5.41, 5.74) is 6.14. The monoisotopic (exact) mass is 352 g/mol. The Morgan fingerprint density at radius 2 is 1.73 bits per heavy atom. The molecule has 2 fully saturated rings. The van der Waals surface area contributed by atoms with E-state index in [-0.39, 0.29) is 5.82 Å². The number of nitrogens with zero attached hydrogens (tertiary/aromatic N) is 2. The van der Waals surface area contributed by atoms with Crippen LogP contribution in [0.2, 0.25) is 0 Å². The lowest BCUT2D eigenvalue weighted by Gasteiger charge is -2.49. The van der Waals surface area contributed by atoms with E-state index < -0.39 is 0 Å². The van der Waals surface area contributed by atoms with Crippen LogP contribution in [0, 0.1) is 26.6 Å². The van der Waals surface area contributed by atoms with Gasteiger partial charge in [-0.05, 0) is 80.5 Å². The number of anilines is 1. The predicted octanol–water partition coefficient (Wildman–Crippen LogP) is 5.17. The maximum Gasteiger partial charge on any atom is 0.126 e. The molecule has 0 saturated carbocycles. The van der Waals surface area contributed by atoms with E-state index in [2.05, 4.69) is 41.8 Å². The molecule has 0 N–H and O–H groups in total. The van der Waals surface area contributed by atoms with Crippen molar-refractivity contribution in [2.75, 3.05) is 24.5 Å². The highest BCUT2D eigenvalue weighted by Gasteiger charge is 2.35. The third-order valence-corrected chi connectivity index (χ3v) is 6.37. The Bertz CT molecular complexity index is 801. The molecule has 0 amide bonds. The topological polar surface area (TPSA) is 6.48 Å². The second kappa shape index (κ2) is 7.03. The quantitative estimate of drug-likeness (QED) is 0.736. The average molecular weight is 352 g/mol. The predicted molar refractivity (Wildman–Crippen MR) is 106 cm³/mol. The summed E-state index contributed by atoms with van der Waals surface area (Å²) in [6, 6.07) is 13.7. The number of aryl methyl sites for hydroxylation is 3. The van der Waals surface area contributed by atoms with Gasteiger partial charge in [-0.2, -0.15) is 0 Å². The molecule has 2 aromatic carbocycles. The number of piperidine rings is 1. The Morgan fingerprint density at radius 1 is 0.885 bits per heavy atom. The summed E-state index contributed by atoms with van der Waals surface area (Å²) >= 11 is 0. The van der Waals surface area contributed by atoms with Gasteiger partial charge in [0.1, 0.15) is 5.82 Å². The first-order chi connectivity index (χ1) is 12.5. The summed E-state index contributed by atoms with van der Waals surface area (Å²) in [6.07, 6.45) is 3.81. The maximum absolute atomic E-state index is 13.6. The first kappa shape index (κ1) is 17.5. The second-order valence-electron chi connectivity index (χ2n) is 8.06. The van der Waals surface area contributed by atoms with Gasteiger partial charge in [0.15, 0.2) is 0 Å². The normalized spacial score (nSPS) is 23.8. The van der Waals surface area contributed by atoms with Gasteiger partial charge in [-0.1, -0.05) is 18.2 Å². The van der Waals surface area contributed by atoms with E-state index in [0.29, 0.717) is 12.1 Å². The molecular weight excluding hydrogens is 323 g/mol. The molecule has 0 radical (unpaired) electrons. The summed E-state index contributed by atoms with van der Waals surface area (Å²) in [7, 11) is 0. The van der Waals surface area contributed by atoms with Gasteiger partial charge in [0.2, 0.25) is 0 Å². The fourth-order valence-electron chi connectivity index (χ4n) is 4.64.